The molecule has 1 heteroatoms. The maximum absolute atomic E-state index is 7.42. The third kappa shape index (κ3) is 6.16. The number of benzene rings is 10. The molecule has 330 valence electrons. The predicted molar refractivity (Wildman–Crippen MR) is 288 cm³/mol. The molecule has 0 amide bonds. The summed E-state index contributed by atoms with van der Waals surface area (Å²) in [5, 5.41) is 23.7. The summed E-state index contributed by atoms with van der Waals surface area (Å²) in [6.07, 6.45) is 0. The van der Waals surface area contributed by atoms with Crippen LogP contribution in [-0.2, 0) is 32.5 Å². The standard InChI is InChI=1S/C64H68O/c1-59(2,3)35-19-33-21-37(61(7,8)9)25-43-47-31-51-57(49-29-39(63(13,14)15)27-45(55(47)49)41(23-35)53(33)43)58-50-30-40(64(16,17)18)28-46-42-24-36(60(4,5)6)20-34-22-38(62(10,11)12)26-44(54(34)42)48(56(46)50)32-52(58)65-51/h19-32H,1-18H3. The molecule has 0 unspecified atom stereocenters. The summed E-state index contributed by atoms with van der Waals surface area (Å²) in [5.74, 6) is 0. The second kappa shape index (κ2) is 12.7. The van der Waals surface area contributed by atoms with Gasteiger partial charge in [0, 0.05) is 10.8 Å². The molecule has 0 spiro atoms. The average Bonchev–Trinajstić information content (AvgIpc) is 3.57. The van der Waals surface area contributed by atoms with Crippen LogP contribution in [0.4, 0.5) is 0 Å². The van der Waals surface area contributed by atoms with Gasteiger partial charge in [-0.1, -0.05) is 149 Å². The lowest BCUT2D eigenvalue weighted by molar-refractivity contribution is 0.589. The SMILES string of the molecule is CC(C)(C)c1cc2cc(C(C)(C)C)cc3c4cc5oc6cc7c8cc(C(C)(C)C)cc9cc(C(C)(C)C)cc(c%10cc(C(C)(C)C)cc(c%107)c6c5c5cc(C(C)(C)C)cc(c(c1)c23)c45)c98. The first kappa shape index (κ1) is 42.2. The minimum Gasteiger partial charge on any atom is -0.456 e. The van der Waals surface area contributed by atoms with Crippen molar-refractivity contribution in [2.24, 2.45) is 0 Å². The van der Waals surface area contributed by atoms with Gasteiger partial charge in [0.15, 0.2) is 0 Å². The summed E-state index contributed by atoms with van der Waals surface area (Å²) in [6.45, 7) is 42.5. The highest BCUT2D eigenvalue weighted by Gasteiger charge is 2.30. The topological polar surface area (TPSA) is 13.1 Å². The molecule has 0 aliphatic heterocycles. The van der Waals surface area contributed by atoms with Crippen LogP contribution in [0.15, 0.2) is 89.3 Å². The van der Waals surface area contributed by atoms with Crippen LogP contribution in [-0.4, -0.2) is 0 Å². The van der Waals surface area contributed by atoms with E-state index in [1.165, 1.54) is 130 Å². The fourth-order valence-corrected chi connectivity index (χ4v) is 11.2. The Hall–Kier alpha value is -5.40. The fraction of sp³-hybridized carbons (Fsp3) is 0.375. The van der Waals surface area contributed by atoms with Crippen molar-refractivity contribution >= 4 is 108 Å². The first-order valence-corrected chi connectivity index (χ1v) is 24.2. The van der Waals surface area contributed by atoms with Crippen molar-refractivity contribution in [3.8, 4) is 0 Å². The second-order valence-electron chi connectivity index (χ2n) is 26.4. The molecule has 1 heterocycles. The average molecular weight is 853 g/mol. The van der Waals surface area contributed by atoms with Gasteiger partial charge in [-0.05, 0) is 213 Å². The highest BCUT2D eigenvalue weighted by molar-refractivity contribution is 6.43. The van der Waals surface area contributed by atoms with E-state index in [1.807, 2.05) is 0 Å². The van der Waals surface area contributed by atoms with Gasteiger partial charge in [0.05, 0.1) is 0 Å². The number of rotatable bonds is 0. The summed E-state index contributed by atoms with van der Waals surface area (Å²) in [4.78, 5) is 0. The lowest BCUT2D eigenvalue weighted by atomic mass is 9.77. The first-order chi connectivity index (χ1) is 30.0. The minimum atomic E-state index is -0.0791. The van der Waals surface area contributed by atoms with E-state index in [2.05, 4.69) is 210 Å². The zero-order valence-electron chi connectivity index (χ0n) is 42.5. The molecule has 0 radical (unpaired) electrons. The quantitative estimate of drug-likeness (QED) is 0.109. The van der Waals surface area contributed by atoms with Crippen molar-refractivity contribution in [2.45, 2.75) is 157 Å². The number of fused-ring (bicyclic) bond motifs is 9. The van der Waals surface area contributed by atoms with E-state index in [1.54, 1.807) is 0 Å². The largest absolute Gasteiger partial charge is 0.456 e. The van der Waals surface area contributed by atoms with Crippen LogP contribution in [0.5, 0.6) is 0 Å². The van der Waals surface area contributed by atoms with Crippen LogP contribution >= 0.6 is 0 Å². The van der Waals surface area contributed by atoms with E-state index in [0.717, 1.165) is 11.2 Å². The first-order valence-electron chi connectivity index (χ1n) is 24.2. The Morgan fingerprint density at radius 3 is 0.662 bits per heavy atom. The van der Waals surface area contributed by atoms with E-state index in [9.17, 15) is 0 Å². The minimum absolute atomic E-state index is 0.0113. The normalized spacial score (nSPS) is 14.3. The predicted octanol–water partition coefficient (Wildman–Crippen LogP) is 19.5. The maximum Gasteiger partial charge on any atom is 0.136 e. The van der Waals surface area contributed by atoms with Gasteiger partial charge in [-0.3, -0.25) is 0 Å². The van der Waals surface area contributed by atoms with Crippen LogP contribution < -0.4 is 0 Å². The van der Waals surface area contributed by atoms with Crippen molar-refractivity contribution in [1.82, 2.24) is 0 Å². The Balaban J connectivity index is 1.44. The van der Waals surface area contributed by atoms with E-state index in [4.69, 9.17) is 4.42 Å². The summed E-state index contributed by atoms with van der Waals surface area (Å²) in [7, 11) is 0. The monoisotopic (exact) mass is 853 g/mol. The van der Waals surface area contributed by atoms with Gasteiger partial charge in [-0.25, -0.2) is 0 Å². The molecule has 0 N–H and O–H groups in total. The van der Waals surface area contributed by atoms with Gasteiger partial charge in [0.1, 0.15) is 11.2 Å². The Kier molecular flexibility index (Phi) is 8.27. The molecule has 1 nitrogen and oxygen atoms in total. The molecule has 0 fully saturated rings. The summed E-state index contributed by atoms with van der Waals surface area (Å²) < 4.78 is 7.42. The summed E-state index contributed by atoms with van der Waals surface area (Å²) >= 11 is 0. The maximum atomic E-state index is 7.42. The Labute approximate surface area is 386 Å². The van der Waals surface area contributed by atoms with Crippen molar-refractivity contribution in [3.05, 3.63) is 118 Å². The van der Waals surface area contributed by atoms with Crippen LogP contribution in [0, 0.1) is 0 Å². The van der Waals surface area contributed by atoms with Crippen LogP contribution in [0.3, 0.4) is 0 Å². The molecule has 0 saturated heterocycles. The molecular weight excluding hydrogens is 785 g/mol. The summed E-state index contributed by atoms with van der Waals surface area (Å²) in [5.41, 5.74) is 9.87. The zero-order valence-corrected chi connectivity index (χ0v) is 42.5. The van der Waals surface area contributed by atoms with Crippen molar-refractivity contribution in [2.75, 3.05) is 0 Å². The molecule has 11 aromatic rings. The number of furan rings is 1. The fourth-order valence-electron chi connectivity index (χ4n) is 11.2. The zero-order chi connectivity index (χ0) is 46.6. The van der Waals surface area contributed by atoms with Gasteiger partial charge in [-0.2, -0.15) is 0 Å². The van der Waals surface area contributed by atoms with Gasteiger partial charge < -0.3 is 4.42 Å². The molecule has 65 heavy (non-hydrogen) atoms. The molecular formula is C64H68O. The van der Waals surface area contributed by atoms with Crippen LogP contribution in [0.1, 0.15) is 158 Å². The Bertz CT molecular complexity index is 3570. The lowest BCUT2D eigenvalue weighted by Gasteiger charge is -2.27. The number of hydrogen-bond acceptors (Lipinski definition) is 1. The van der Waals surface area contributed by atoms with Crippen LogP contribution in [0.2, 0.25) is 0 Å². The second-order valence-corrected chi connectivity index (χ2v) is 26.4. The molecule has 1 aromatic heterocycles. The molecule has 0 saturated carbocycles. The number of hydrogen-bond donors (Lipinski definition) is 0. The van der Waals surface area contributed by atoms with E-state index in [0.29, 0.717) is 0 Å². The van der Waals surface area contributed by atoms with Crippen molar-refractivity contribution in [1.29, 1.82) is 0 Å². The lowest BCUT2D eigenvalue weighted by Crippen LogP contribution is -2.13. The third-order valence-corrected chi connectivity index (χ3v) is 15.3. The smallest absolute Gasteiger partial charge is 0.136 e. The van der Waals surface area contributed by atoms with Gasteiger partial charge in [0.2, 0.25) is 0 Å². The highest BCUT2D eigenvalue weighted by Crippen LogP contribution is 2.53. The molecule has 10 aromatic carbocycles. The van der Waals surface area contributed by atoms with Crippen molar-refractivity contribution < 1.29 is 4.42 Å². The van der Waals surface area contributed by atoms with E-state index in [-0.39, 0.29) is 32.5 Å². The van der Waals surface area contributed by atoms with Gasteiger partial charge in [-0.15, -0.1) is 0 Å². The Morgan fingerprint density at radius 1 is 0.215 bits per heavy atom. The van der Waals surface area contributed by atoms with E-state index >= 15 is 0 Å². The molecule has 11 rings (SSSR count). The third-order valence-electron chi connectivity index (χ3n) is 15.3. The van der Waals surface area contributed by atoms with E-state index < -0.39 is 0 Å². The molecule has 0 atom stereocenters. The summed E-state index contributed by atoms with van der Waals surface area (Å²) in [6, 6.07) is 34.9. The molecule has 0 aliphatic carbocycles. The molecule has 0 bridgehead atoms. The molecule has 0 aliphatic rings. The van der Waals surface area contributed by atoms with Gasteiger partial charge in [0.25, 0.3) is 0 Å². The van der Waals surface area contributed by atoms with Crippen LogP contribution in [0.25, 0.3) is 108 Å². The van der Waals surface area contributed by atoms with Gasteiger partial charge >= 0.3 is 0 Å². The Morgan fingerprint density at radius 2 is 0.415 bits per heavy atom. The highest BCUT2D eigenvalue weighted by atomic mass is 16.3. The van der Waals surface area contributed by atoms with Crippen molar-refractivity contribution in [3.63, 3.8) is 0 Å².